The summed E-state index contributed by atoms with van der Waals surface area (Å²) in [7, 11) is 1.74. The monoisotopic (exact) mass is 537 g/mol. The van der Waals surface area contributed by atoms with E-state index in [1.165, 1.54) is 10.7 Å². The lowest BCUT2D eigenvalue weighted by Gasteiger charge is -2.06. The minimum Gasteiger partial charge on any atom is -0.303 e. The van der Waals surface area contributed by atoms with E-state index in [4.69, 9.17) is 11.6 Å². The second kappa shape index (κ2) is 7.42. The Morgan fingerprint density at radius 1 is 1.40 bits per heavy atom. The molecule has 0 aliphatic carbocycles. The molecule has 25 heavy (non-hydrogen) atoms. The van der Waals surface area contributed by atoms with E-state index in [1.54, 1.807) is 36.3 Å². The van der Waals surface area contributed by atoms with Crippen LogP contribution in [0.4, 0.5) is 10.2 Å². The summed E-state index contributed by atoms with van der Waals surface area (Å²) >= 11 is 11.4. The van der Waals surface area contributed by atoms with Crippen molar-refractivity contribution in [2.45, 2.75) is 6.54 Å². The van der Waals surface area contributed by atoms with Crippen molar-refractivity contribution in [1.82, 2.24) is 19.6 Å². The van der Waals surface area contributed by atoms with Crippen LogP contribution in [0, 0.1) is 9.39 Å². The molecule has 3 rings (SSSR count). The Bertz CT molecular complexity index is 937. The number of hydrogen-bond acceptors (Lipinski definition) is 3. The van der Waals surface area contributed by atoms with Crippen molar-refractivity contribution >= 4 is 61.8 Å². The summed E-state index contributed by atoms with van der Waals surface area (Å²) < 4.78 is 18.3. The molecule has 0 atom stereocenters. The predicted octanol–water partition coefficient (Wildman–Crippen LogP) is 4.08. The molecule has 6 nitrogen and oxygen atoms in total. The SMILES string of the molecule is Cn1cc(I)c(C(=O)Nc2nn(Cc3c(F)cccc3Cl)cc2Br)n1. The van der Waals surface area contributed by atoms with Gasteiger partial charge in [0.1, 0.15) is 5.82 Å². The zero-order chi connectivity index (χ0) is 18.1. The smallest absolute Gasteiger partial charge is 0.278 e. The number of hydrogen-bond donors (Lipinski definition) is 1. The Balaban J connectivity index is 1.81. The van der Waals surface area contributed by atoms with Gasteiger partial charge in [0.2, 0.25) is 0 Å². The fourth-order valence-electron chi connectivity index (χ4n) is 2.19. The molecule has 0 aliphatic rings. The standard InChI is InChI=1S/C15H11BrClFIN5O/c1-23-7-12(19)13(21-23)15(25)20-14-9(16)6-24(22-14)5-8-10(17)3-2-4-11(8)18/h2-4,6-7H,5H2,1H3,(H,20,22,25). The lowest BCUT2D eigenvalue weighted by molar-refractivity contribution is 0.102. The number of amides is 1. The molecule has 0 saturated carbocycles. The largest absolute Gasteiger partial charge is 0.303 e. The third-order valence-corrected chi connectivity index (χ3v) is 5.05. The molecule has 3 aromatic rings. The van der Waals surface area contributed by atoms with Gasteiger partial charge in [-0.1, -0.05) is 17.7 Å². The fourth-order valence-corrected chi connectivity index (χ4v) is 3.58. The molecule has 0 fully saturated rings. The highest BCUT2D eigenvalue weighted by Gasteiger charge is 2.18. The van der Waals surface area contributed by atoms with Crippen LogP contribution in [0.1, 0.15) is 16.1 Å². The fraction of sp³-hybridized carbons (Fsp3) is 0.133. The first kappa shape index (κ1) is 18.3. The van der Waals surface area contributed by atoms with Gasteiger partial charge < -0.3 is 5.32 Å². The van der Waals surface area contributed by atoms with Gasteiger partial charge in [-0.3, -0.25) is 14.2 Å². The van der Waals surface area contributed by atoms with Gasteiger partial charge in [-0.25, -0.2) is 4.39 Å². The van der Waals surface area contributed by atoms with Gasteiger partial charge in [-0.2, -0.15) is 10.2 Å². The molecule has 1 N–H and O–H groups in total. The molecule has 0 bridgehead atoms. The maximum absolute atomic E-state index is 13.9. The molecule has 1 amide bonds. The van der Waals surface area contributed by atoms with Crippen molar-refractivity contribution in [2.75, 3.05) is 5.32 Å². The molecule has 0 unspecified atom stereocenters. The summed E-state index contributed by atoms with van der Waals surface area (Å²) in [5.41, 5.74) is 0.637. The van der Waals surface area contributed by atoms with Gasteiger partial charge in [0.05, 0.1) is 14.6 Å². The third-order valence-electron chi connectivity index (χ3n) is 3.33. The second-order valence-corrected chi connectivity index (χ2v) is 7.60. The molecule has 10 heteroatoms. The van der Waals surface area contributed by atoms with Crippen molar-refractivity contribution in [3.05, 3.63) is 60.7 Å². The van der Waals surface area contributed by atoms with Gasteiger partial charge in [0.25, 0.3) is 5.91 Å². The maximum atomic E-state index is 13.9. The van der Waals surface area contributed by atoms with E-state index in [1.807, 2.05) is 22.6 Å². The maximum Gasteiger partial charge on any atom is 0.278 e. The van der Waals surface area contributed by atoms with E-state index in [-0.39, 0.29) is 12.5 Å². The molecular weight excluding hydrogens is 527 g/mol. The summed E-state index contributed by atoms with van der Waals surface area (Å²) in [6.45, 7) is 0.140. The summed E-state index contributed by atoms with van der Waals surface area (Å²) in [5, 5.41) is 11.4. The molecule has 130 valence electrons. The van der Waals surface area contributed by atoms with Crippen molar-refractivity contribution in [3.63, 3.8) is 0 Å². The molecule has 0 aliphatic heterocycles. The first-order chi connectivity index (χ1) is 11.8. The number of rotatable bonds is 4. The summed E-state index contributed by atoms with van der Waals surface area (Å²) in [6, 6.07) is 4.50. The molecule has 1 aromatic carbocycles. The van der Waals surface area contributed by atoms with Gasteiger partial charge in [-0.15, -0.1) is 0 Å². The van der Waals surface area contributed by atoms with Crippen LogP contribution in [-0.2, 0) is 13.6 Å². The zero-order valence-electron chi connectivity index (χ0n) is 12.8. The zero-order valence-corrected chi connectivity index (χ0v) is 17.3. The lowest BCUT2D eigenvalue weighted by atomic mass is 10.2. The number of nitrogens with zero attached hydrogens (tertiary/aromatic N) is 4. The highest BCUT2D eigenvalue weighted by atomic mass is 127. The molecule has 2 aromatic heterocycles. The normalized spacial score (nSPS) is 10.9. The highest BCUT2D eigenvalue weighted by molar-refractivity contribution is 14.1. The average Bonchev–Trinajstić information content (AvgIpc) is 3.05. The molecular formula is C15H11BrClFIN5O. The number of anilines is 1. The molecule has 2 heterocycles. The Morgan fingerprint density at radius 2 is 2.16 bits per heavy atom. The number of carbonyl (C=O) groups excluding carboxylic acids is 1. The number of nitrogens with one attached hydrogen (secondary N) is 1. The highest BCUT2D eigenvalue weighted by Crippen LogP contribution is 2.24. The van der Waals surface area contributed by atoms with Crippen LogP contribution >= 0.6 is 50.1 Å². The summed E-state index contributed by atoms with van der Waals surface area (Å²) in [6.07, 6.45) is 3.38. The van der Waals surface area contributed by atoms with E-state index in [0.29, 0.717) is 26.6 Å². The quantitative estimate of drug-likeness (QED) is 0.510. The van der Waals surface area contributed by atoms with Crippen molar-refractivity contribution in [3.8, 4) is 0 Å². The van der Waals surface area contributed by atoms with Gasteiger partial charge in [-0.05, 0) is 50.7 Å². The Labute approximate surface area is 169 Å². The van der Waals surface area contributed by atoms with E-state index < -0.39 is 5.82 Å². The minimum atomic E-state index is -0.409. The summed E-state index contributed by atoms with van der Waals surface area (Å²) in [4.78, 5) is 12.3. The number of carbonyl (C=O) groups is 1. The predicted molar refractivity (Wildman–Crippen MR) is 104 cm³/mol. The second-order valence-electron chi connectivity index (χ2n) is 5.18. The third kappa shape index (κ3) is 4.04. The van der Waals surface area contributed by atoms with Crippen LogP contribution in [0.2, 0.25) is 5.02 Å². The van der Waals surface area contributed by atoms with E-state index in [2.05, 4.69) is 31.4 Å². The van der Waals surface area contributed by atoms with Gasteiger partial charge in [0, 0.05) is 30.0 Å². The Hall–Kier alpha value is -1.46. The van der Waals surface area contributed by atoms with Crippen LogP contribution in [0.5, 0.6) is 0 Å². The Kier molecular flexibility index (Phi) is 5.44. The first-order valence-electron chi connectivity index (χ1n) is 7.01. The number of halogens is 4. The molecule has 0 saturated heterocycles. The summed E-state index contributed by atoms with van der Waals surface area (Å²) in [5.74, 6) is -0.466. The van der Waals surface area contributed by atoms with E-state index in [0.717, 1.165) is 3.57 Å². The number of benzene rings is 1. The van der Waals surface area contributed by atoms with E-state index >= 15 is 0 Å². The number of aromatic nitrogens is 4. The van der Waals surface area contributed by atoms with Crippen molar-refractivity contribution < 1.29 is 9.18 Å². The van der Waals surface area contributed by atoms with Gasteiger partial charge >= 0.3 is 0 Å². The topological polar surface area (TPSA) is 64.7 Å². The minimum absolute atomic E-state index is 0.140. The van der Waals surface area contributed by atoms with Crippen LogP contribution in [0.3, 0.4) is 0 Å². The van der Waals surface area contributed by atoms with Gasteiger partial charge in [0.15, 0.2) is 11.5 Å². The van der Waals surface area contributed by atoms with Crippen LogP contribution in [-0.4, -0.2) is 25.5 Å². The molecule has 0 radical (unpaired) electrons. The first-order valence-corrected chi connectivity index (χ1v) is 9.26. The van der Waals surface area contributed by atoms with Crippen LogP contribution in [0.25, 0.3) is 0 Å². The Morgan fingerprint density at radius 3 is 2.80 bits per heavy atom. The van der Waals surface area contributed by atoms with Crippen LogP contribution in [0.15, 0.2) is 35.1 Å². The number of aryl methyl sites for hydroxylation is 1. The van der Waals surface area contributed by atoms with Crippen molar-refractivity contribution in [1.29, 1.82) is 0 Å². The lowest BCUT2D eigenvalue weighted by Crippen LogP contribution is -2.15. The average molecular weight is 539 g/mol. The molecule has 0 spiro atoms. The van der Waals surface area contributed by atoms with Crippen molar-refractivity contribution in [2.24, 2.45) is 7.05 Å². The van der Waals surface area contributed by atoms with Crippen LogP contribution < -0.4 is 5.32 Å². The van der Waals surface area contributed by atoms with E-state index in [9.17, 15) is 9.18 Å².